The smallest absolute Gasteiger partial charge is 0.753 e. The molecule has 24 aromatic rings. The quantitative estimate of drug-likeness (QED) is 0.0581. The number of aliphatic carboxylic acids is 1. The van der Waals surface area contributed by atoms with Crippen LogP contribution in [0.2, 0.25) is 0 Å². The van der Waals surface area contributed by atoms with Gasteiger partial charge in [0.25, 0.3) is 0 Å². The van der Waals surface area contributed by atoms with Crippen molar-refractivity contribution >= 4 is 334 Å². The van der Waals surface area contributed by atoms with E-state index in [0.717, 1.165) is 72.0 Å². The minimum Gasteiger partial charge on any atom is -0.753 e. The van der Waals surface area contributed by atoms with Gasteiger partial charge in [0.2, 0.25) is 0 Å². The summed E-state index contributed by atoms with van der Waals surface area (Å²) in [7, 11) is 2.05. The van der Waals surface area contributed by atoms with Crippen molar-refractivity contribution < 1.29 is 117 Å². The van der Waals surface area contributed by atoms with Gasteiger partial charge in [0, 0.05) is 133 Å². The van der Waals surface area contributed by atoms with Crippen molar-refractivity contribution in [2.75, 3.05) is 0 Å². The van der Waals surface area contributed by atoms with Crippen molar-refractivity contribution in [2.45, 2.75) is 6.54 Å². The molecule has 0 atom stereocenters. The zero-order valence-electron chi connectivity index (χ0n) is 74.8. The molecule has 0 fully saturated rings. The molecule has 0 saturated carbocycles. The van der Waals surface area contributed by atoms with Gasteiger partial charge in [0.05, 0.1) is 115 Å². The van der Waals surface area contributed by atoms with Gasteiger partial charge in [0.15, 0.2) is 0 Å². The van der Waals surface area contributed by atoms with Crippen LogP contribution in [0.5, 0.6) is 0 Å². The van der Waals surface area contributed by atoms with E-state index in [9.17, 15) is 19.5 Å². The van der Waals surface area contributed by atoms with Crippen molar-refractivity contribution in [1.29, 1.82) is 0 Å². The molecule has 32 nitrogen and oxygen atoms in total. The number of carboxylic acids is 3. The molecule has 0 amide bonds. The Morgan fingerprint density at radius 2 is 0.608 bits per heavy atom. The number of carboxylic acid groups (broad SMARTS) is 3. The number of carbonyl (C=O) groups excluding carboxylic acids is 10. The first kappa shape index (κ1) is 114. The van der Waals surface area contributed by atoms with E-state index in [-0.39, 0.29) is 87.4 Å². The molecular weight excluding hydrogens is 2290 g/mol. The number of rotatable bonds is 12. The molecule has 24 rings (SSSR count). The number of pyridine rings is 8. The van der Waals surface area contributed by atoms with Gasteiger partial charge in [-0.3, -0.25) is 53.8 Å². The first-order valence-corrected chi connectivity index (χ1v) is 49.4. The van der Waals surface area contributed by atoms with E-state index in [0.29, 0.717) is 22.8 Å². The minimum atomic E-state index is -0.963. The van der Waals surface area contributed by atoms with Crippen LogP contribution in [0.15, 0.2) is 289 Å². The Labute approximate surface area is 911 Å². The van der Waals surface area contributed by atoms with Crippen LogP contribution in [0.3, 0.4) is 0 Å². The number of thiocarbonyl (C=S) groups is 4. The molecule has 728 valence electrons. The zero-order chi connectivity index (χ0) is 104. The zero-order valence-corrected chi connectivity index (χ0v) is 88.1. The molecule has 0 unspecified atom stereocenters. The number of aromatic nitrogens is 12. The number of aryl methyl sites for hydroxylation is 1. The fourth-order valence-electron chi connectivity index (χ4n) is 15.5. The number of isothiocyanates is 4. The maximum absolute atomic E-state index is 11.4. The largest absolute Gasteiger partial charge is 2.00 e. The second kappa shape index (κ2) is 55.7. The summed E-state index contributed by atoms with van der Waals surface area (Å²) in [5, 5.41) is 81.1. The number of benzene rings is 4. The van der Waals surface area contributed by atoms with Gasteiger partial charge < -0.3 is 46.1 Å². The van der Waals surface area contributed by atoms with E-state index in [4.69, 9.17) is 94.7 Å². The molecule has 0 bridgehead atoms. The molecule has 4 aromatic carbocycles. The topological polar surface area (TPSA) is 495 Å². The van der Waals surface area contributed by atoms with Gasteiger partial charge in [-0.25, -0.2) is 9.59 Å². The number of fused-ring (bicyclic) bond motifs is 16. The molecule has 20 aromatic heterocycles. The van der Waals surface area contributed by atoms with Gasteiger partial charge in [-0.2, -0.15) is 68.6 Å². The third kappa shape index (κ3) is 26.7. The van der Waals surface area contributed by atoms with Crippen LogP contribution >= 0.6 is 140 Å². The van der Waals surface area contributed by atoms with E-state index >= 15 is 0 Å². The van der Waals surface area contributed by atoms with Gasteiger partial charge in [-0.05, 0) is 190 Å². The molecule has 46 heteroatoms. The summed E-state index contributed by atoms with van der Waals surface area (Å²) in [6.07, 6.45) is 15.2. The Balaban J connectivity index is 0.000000209. The van der Waals surface area contributed by atoms with Gasteiger partial charge in [0.1, 0.15) is 16.5 Å². The molecule has 0 saturated heterocycles. The van der Waals surface area contributed by atoms with Crippen LogP contribution in [0.1, 0.15) is 20.7 Å². The summed E-state index contributed by atoms with van der Waals surface area (Å²) in [6.45, 7) is -0.106. The van der Waals surface area contributed by atoms with Crippen LogP contribution in [-0.2, 0) is 105 Å². The number of carbonyl (C=O) groups is 3. The third-order valence-electron chi connectivity index (χ3n) is 21.0. The first-order valence-electron chi connectivity index (χ1n) is 41.0. The van der Waals surface area contributed by atoms with Crippen molar-refractivity contribution in [3.05, 3.63) is 322 Å². The second-order valence-corrected chi connectivity index (χ2v) is 37.5. The summed E-state index contributed by atoms with van der Waals surface area (Å²) in [5.41, 5.74) is 17.2. The molecule has 0 spiro atoms. The van der Waals surface area contributed by atoms with E-state index in [1.807, 2.05) is 136 Å². The predicted octanol–water partition coefficient (Wildman–Crippen LogP) is 25.2. The third-order valence-corrected chi connectivity index (χ3v) is 29.4. The first-order chi connectivity index (χ1) is 71.0. The van der Waals surface area contributed by atoms with Gasteiger partial charge >= 0.3 is 87.6 Å². The maximum atomic E-state index is 11.4. The Bertz CT molecular complexity index is 8640. The molecular formula is C102H56N16O16Ru2S12. The Morgan fingerprint density at radius 1 is 0.304 bits per heavy atom. The molecule has 0 aliphatic rings. The number of hydrogen-bond acceptors (Lipinski definition) is 33. The van der Waals surface area contributed by atoms with Crippen LogP contribution in [0.4, 0.5) is 0 Å². The van der Waals surface area contributed by atoms with Gasteiger partial charge in [-0.15, -0.1) is 90.7 Å². The van der Waals surface area contributed by atoms with Gasteiger partial charge in [-0.1, -0.05) is 110 Å². The number of nitrogens with zero attached hydrogens (tertiary/aromatic N) is 16. The monoisotopic (exact) mass is 2350 g/mol. The van der Waals surface area contributed by atoms with E-state index in [1.165, 1.54) is 164 Å². The number of para-hydroxylation sites is 2. The van der Waals surface area contributed by atoms with Crippen LogP contribution in [-0.4, -0.2) is 143 Å². The van der Waals surface area contributed by atoms with Crippen molar-refractivity contribution in [3.63, 3.8) is 0 Å². The van der Waals surface area contributed by atoms with E-state index in [2.05, 4.69) is 237 Å². The standard InChI is InChI=1S/C46H22N4S8.C25H18N4O2.2C11H8N2O2.4CNS.5CO2.2Ru/c1-3-31-25(13-23(1)39-17-41-35(55-39)5-9-51-41)27-15-29(47-21-33(27)49(31)45-19-43-37(57-45)7-11-53-43)30-16-28-26-14-24(40-18-42-36(56-40)6-10-52-42)2-4-32(26)50(34(28)22-48-30)46-20-44-38(58-46)8-12-54-44;1-28-21-8-4-2-6-15(21)17-10-19(26-12-23(17)28)20-11-18-16-7-3-5-9-22(16)29(14-25(30)31)24(18)13-27-20;2*14-11(15)8-4-6-13-10(7-8)9-3-1-2-5-12-9;9*2-1-3;;/h1-22H;2-13H,14H2,1H3,(H,30,31);2*1-7H,(H,14,15);;;;;;;;;;;/q;;;;4*-1;;;;;;2*+2. The summed E-state index contributed by atoms with van der Waals surface area (Å²) < 4.78 is 19.4. The Morgan fingerprint density at radius 3 is 0.959 bits per heavy atom. The summed E-state index contributed by atoms with van der Waals surface area (Å²) in [6, 6.07) is 73.7. The molecule has 0 aliphatic carbocycles. The maximum Gasteiger partial charge on any atom is 2.00 e. The van der Waals surface area contributed by atoms with E-state index < -0.39 is 17.9 Å². The molecule has 148 heavy (non-hydrogen) atoms. The molecule has 3 N–H and O–H groups in total. The molecule has 20 heterocycles. The van der Waals surface area contributed by atoms with E-state index in [1.54, 1.807) is 70.1 Å². The van der Waals surface area contributed by atoms with Crippen molar-refractivity contribution in [1.82, 2.24) is 58.1 Å². The SMILES string of the molecule is Cn1c2ccccc2c2cc(-c3cc4c5ccccc5n(CC(=O)O)c4cn3)ncc21.O=C(O)c1ccnc(-c2ccccn2)c1.O=C(O)c1ccnc(-c2ccccn2)c1.O=C=O.O=C=O.O=C=O.O=C=O.O=C=O.[N-]=C=S.[N-]=C=S.[N-]=C=S.[N-]=C=S.[Ru+2].[Ru+2].c1cc2sc(-c3ccc4c(c3)c3cc(-c5cc6c7cc(-c8cc9sccc9s8)ccc7n(-c7cc8sccc8s7)c6cn5)ncc3n4-c3cc4sccc4s3)cc2s1. The fourth-order valence-corrected chi connectivity index (χ4v) is 23.9. The summed E-state index contributed by atoms with van der Waals surface area (Å²) in [4.78, 5) is 153. The average Bonchev–Trinajstić information content (AvgIpc) is 1.57. The molecule has 0 radical (unpaired) electrons. The van der Waals surface area contributed by atoms with Crippen LogP contribution in [0, 0.1) is 0 Å². The van der Waals surface area contributed by atoms with Crippen LogP contribution in [0.25, 0.3) is 223 Å². The average molecular weight is 2350 g/mol. The number of hydrogen-bond donors (Lipinski definition) is 3. The minimum absolute atomic E-state index is 0. The predicted molar refractivity (Wildman–Crippen MR) is 580 cm³/mol. The Hall–Kier alpha value is -16.3. The number of aromatic carboxylic acids is 2. The Kier molecular flexibility index (Phi) is 42.7. The molecule has 0 aliphatic heterocycles. The summed E-state index contributed by atoms with van der Waals surface area (Å²) in [5.74, 6) is -2.81. The van der Waals surface area contributed by atoms with Crippen LogP contribution < -0.4 is 0 Å². The normalized spacial score (nSPS) is 9.84. The summed E-state index contributed by atoms with van der Waals surface area (Å²) >= 11 is 29.4. The fraction of sp³-hybridized carbons (Fsp3) is 0.0196. The van der Waals surface area contributed by atoms with Crippen molar-refractivity contribution in [3.8, 4) is 76.4 Å². The second-order valence-electron chi connectivity index (χ2n) is 28.7. The van der Waals surface area contributed by atoms with Crippen molar-refractivity contribution in [2.24, 2.45) is 7.05 Å². The number of thiophene rings is 8.